The quantitative estimate of drug-likeness (QED) is 0.321. The Labute approximate surface area is 184 Å². The second kappa shape index (κ2) is 9.65. The van der Waals surface area contributed by atoms with Crippen LogP contribution < -0.4 is 0 Å². The van der Waals surface area contributed by atoms with Crippen LogP contribution in [0.2, 0.25) is 0 Å². The molecular weight excluding hydrogens is 380 g/mol. The zero-order chi connectivity index (χ0) is 21.6. The molecule has 1 amide bonds. The van der Waals surface area contributed by atoms with Crippen molar-refractivity contribution in [2.75, 3.05) is 0 Å². The summed E-state index contributed by atoms with van der Waals surface area (Å²) in [6, 6.07) is 28.9. The highest BCUT2D eigenvalue weighted by Crippen LogP contribution is 2.28. The number of carbonyl (C=O) groups excluding carboxylic acids is 1. The molecule has 0 fully saturated rings. The van der Waals surface area contributed by atoms with Gasteiger partial charge in [-0.2, -0.15) is 0 Å². The van der Waals surface area contributed by atoms with Crippen LogP contribution in [0.1, 0.15) is 46.9 Å². The lowest BCUT2D eigenvalue weighted by Gasteiger charge is -2.24. The minimum Gasteiger partial charge on any atom is -0.336 e. The van der Waals surface area contributed by atoms with Gasteiger partial charge in [0.1, 0.15) is 5.69 Å². The fourth-order valence-corrected chi connectivity index (χ4v) is 4.26. The number of rotatable bonds is 8. The van der Waals surface area contributed by atoms with Crippen LogP contribution in [0.5, 0.6) is 0 Å². The van der Waals surface area contributed by atoms with Crippen LogP contribution in [0, 0.1) is 6.92 Å². The molecule has 0 aliphatic carbocycles. The van der Waals surface area contributed by atoms with Gasteiger partial charge in [-0.1, -0.05) is 92.2 Å². The molecule has 3 aromatic carbocycles. The second-order valence-electron chi connectivity index (χ2n) is 8.13. The summed E-state index contributed by atoms with van der Waals surface area (Å²) >= 11 is 0. The molecule has 158 valence electrons. The predicted molar refractivity (Wildman–Crippen MR) is 128 cm³/mol. The van der Waals surface area contributed by atoms with Crippen molar-refractivity contribution in [3.05, 3.63) is 107 Å². The maximum Gasteiger partial charge on any atom is 0.271 e. The summed E-state index contributed by atoms with van der Waals surface area (Å²) in [5, 5.41) is 1.17. The lowest BCUT2D eigenvalue weighted by Crippen LogP contribution is -2.32. The molecule has 4 aromatic rings. The van der Waals surface area contributed by atoms with Crippen LogP contribution >= 0.6 is 0 Å². The molecule has 0 saturated carbocycles. The molecule has 0 atom stereocenters. The number of carbonyl (C=O) groups is 1. The van der Waals surface area contributed by atoms with Gasteiger partial charge < -0.3 is 9.47 Å². The number of hydrogen-bond donors (Lipinski definition) is 0. The molecule has 3 heteroatoms. The number of aryl methyl sites for hydroxylation is 2. The molecule has 0 aliphatic heterocycles. The lowest BCUT2D eigenvalue weighted by atomic mass is 10.1. The molecule has 3 nitrogen and oxygen atoms in total. The molecule has 0 unspecified atom stereocenters. The van der Waals surface area contributed by atoms with Gasteiger partial charge >= 0.3 is 0 Å². The van der Waals surface area contributed by atoms with Crippen LogP contribution in [0.25, 0.3) is 10.9 Å². The molecule has 0 saturated heterocycles. The van der Waals surface area contributed by atoms with E-state index in [1.165, 1.54) is 5.39 Å². The maximum atomic E-state index is 14.0. The van der Waals surface area contributed by atoms with E-state index in [-0.39, 0.29) is 5.91 Å². The summed E-state index contributed by atoms with van der Waals surface area (Å²) < 4.78 is 2.24. The molecule has 1 heterocycles. The molecule has 0 aliphatic rings. The normalized spacial score (nSPS) is 11.0. The maximum absolute atomic E-state index is 14.0. The van der Waals surface area contributed by atoms with Crippen molar-refractivity contribution in [2.24, 2.45) is 0 Å². The van der Waals surface area contributed by atoms with Crippen LogP contribution in [-0.4, -0.2) is 15.4 Å². The predicted octanol–water partition coefficient (Wildman–Crippen LogP) is 6.59. The molecule has 0 bridgehead atoms. The monoisotopic (exact) mass is 410 g/mol. The molecule has 31 heavy (non-hydrogen) atoms. The number of para-hydroxylation sites is 1. The van der Waals surface area contributed by atoms with Gasteiger partial charge in [-0.3, -0.25) is 4.79 Å². The minimum absolute atomic E-state index is 0.0949. The van der Waals surface area contributed by atoms with Gasteiger partial charge in [0.2, 0.25) is 0 Å². The SMILES string of the molecule is CCCCn1c(C(=O)N(Cc2ccccc2)Cc2ccccc2)c(C)c2ccccc21. The van der Waals surface area contributed by atoms with Gasteiger partial charge in [-0.25, -0.2) is 0 Å². The smallest absolute Gasteiger partial charge is 0.271 e. The largest absolute Gasteiger partial charge is 0.336 e. The van der Waals surface area contributed by atoms with Gasteiger partial charge in [-0.05, 0) is 36.1 Å². The van der Waals surface area contributed by atoms with Crippen LogP contribution in [0.15, 0.2) is 84.9 Å². The average molecular weight is 411 g/mol. The highest BCUT2D eigenvalue weighted by Gasteiger charge is 2.25. The standard InChI is InChI=1S/C28H30N2O/c1-3-4-19-30-26-18-12-11-17-25(26)22(2)27(30)28(31)29(20-23-13-7-5-8-14-23)21-24-15-9-6-10-16-24/h5-18H,3-4,19-21H2,1-2H3. The van der Waals surface area contributed by atoms with Crippen LogP contribution in [0.3, 0.4) is 0 Å². The number of hydrogen-bond acceptors (Lipinski definition) is 1. The van der Waals surface area contributed by atoms with E-state index in [2.05, 4.69) is 66.9 Å². The van der Waals surface area contributed by atoms with E-state index in [9.17, 15) is 4.79 Å². The summed E-state index contributed by atoms with van der Waals surface area (Å²) in [7, 11) is 0. The van der Waals surface area contributed by atoms with Crippen LogP contribution in [-0.2, 0) is 19.6 Å². The number of fused-ring (bicyclic) bond motifs is 1. The highest BCUT2D eigenvalue weighted by molar-refractivity contribution is 6.01. The van der Waals surface area contributed by atoms with Crippen molar-refractivity contribution in [1.29, 1.82) is 0 Å². The molecule has 1 aromatic heterocycles. The Kier molecular flexibility index (Phi) is 6.51. The van der Waals surface area contributed by atoms with Gasteiger partial charge in [0.05, 0.1) is 0 Å². The van der Waals surface area contributed by atoms with Gasteiger partial charge in [0.15, 0.2) is 0 Å². The molecule has 0 N–H and O–H groups in total. The minimum atomic E-state index is 0.0949. The highest BCUT2D eigenvalue weighted by atomic mass is 16.2. The van der Waals surface area contributed by atoms with E-state index in [0.717, 1.165) is 47.3 Å². The van der Waals surface area contributed by atoms with Crippen molar-refractivity contribution in [1.82, 2.24) is 9.47 Å². The van der Waals surface area contributed by atoms with Crippen molar-refractivity contribution in [2.45, 2.75) is 46.3 Å². The van der Waals surface area contributed by atoms with E-state index in [0.29, 0.717) is 13.1 Å². The second-order valence-corrected chi connectivity index (χ2v) is 8.13. The topological polar surface area (TPSA) is 25.2 Å². The third-order valence-corrected chi connectivity index (χ3v) is 5.88. The number of unbranched alkanes of at least 4 members (excludes halogenated alkanes) is 1. The van der Waals surface area contributed by atoms with Gasteiger partial charge in [0.25, 0.3) is 5.91 Å². The first-order valence-electron chi connectivity index (χ1n) is 11.1. The molecule has 0 spiro atoms. The first kappa shape index (κ1) is 20.9. The van der Waals surface area contributed by atoms with E-state index in [1.807, 2.05) is 41.3 Å². The summed E-state index contributed by atoms with van der Waals surface area (Å²) in [4.78, 5) is 16.0. The Bertz CT molecular complexity index is 1100. The summed E-state index contributed by atoms with van der Waals surface area (Å²) in [5.74, 6) is 0.0949. The van der Waals surface area contributed by atoms with Crippen molar-refractivity contribution in [3.63, 3.8) is 0 Å². The van der Waals surface area contributed by atoms with Crippen molar-refractivity contribution >= 4 is 16.8 Å². The Morgan fingerprint density at radius 3 is 1.94 bits per heavy atom. The molecular formula is C28H30N2O. The molecule has 0 radical (unpaired) electrons. The first-order valence-corrected chi connectivity index (χ1v) is 11.1. The summed E-state index contributed by atoms with van der Waals surface area (Å²) in [6.07, 6.45) is 2.15. The Hall–Kier alpha value is -3.33. The zero-order valence-electron chi connectivity index (χ0n) is 18.4. The Balaban J connectivity index is 1.77. The third-order valence-electron chi connectivity index (χ3n) is 5.88. The Morgan fingerprint density at radius 1 is 0.806 bits per heavy atom. The third kappa shape index (κ3) is 4.56. The fourth-order valence-electron chi connectivity index (χ4n) is 4.26. The first-order chi connectivity index (χ1) is 15.2. The van der Waals surface area contributed by atoms with E-state index in [4.69, 9.17) is 0 Å². The van der Waals surface area contributed by atoms with Crippen molar-refractivity contribution in [3.8, 4) is 0 Å². The van der Waals surface area contributed by atoms with E-state index in [1.54, 1.807) is 0 Å². The van der Waals surface area contributed by atoms with Gasteiger partial charge in [-0.15, -0.1) is 0 Å². The molecule has 4 rings (SSSR count). The fraction of sp³-hybridized carbons (Fsp3) is 0.250. The van der Waals surface area contributed by atoms with Crippen LogP contribution in [0.4, 0.5) is 0 Å². The zero-order valence-corrected chi connectivity index (χ0v) is 18.4. The average Bonchev–Trinajstić information content (AvgIpc) is 3.10. The lowest BCUT2D eigenvalue weighted by molar-refractivity contribution is 0.0718. The van der Waals surface area contributed by atoms with Gasteiger partial charge in [0, 0.05) is 30.5 Å². The number of benzene rings is 3. The van der Waals surface area contributed by atoms with E-state index >= 15 is 0 Å². The van der Waals surface area contributed by atoms with E-state index < -0.39 is 0 Å². The number of amides is 1. The van der Waals surface area contributed by atoms with Crippen molar-refractivity contribution < 1.29 is 4.79 Å². The number of aromatic nitrogens is 1. The summed E-state index contributed by atoms with van der Waals surface area (Å²) in [5.41, 5.74) is 5.32. The Morgan fingerprint density at radius 2 is 1.35 bits per heavy atom. The summed E-state index contributed by atoms with van der Waals surface area (Å²) in [6.45, 7) is 6.31. The number of nitrogens with zero attached hydrogens (tertiary/aromatic N) is 2.